The van der Waals surface area contributed by atoms with E-state index in [9.17, 15) is 5.26 Å². The van der Waals surface area contributed by atoms with Crippen molar-refractivity contribution in [3.8, 4) is 28.8 Å². The van der Waals surface area contributed by atoms with Gasteiger partial charge in [-0.2, -0.15) is 5.26 Å². The van der Waals surface area contributed by atoms with Crippen molar-refractivity contribution in [3.05, 3.63) is 42.2 Å². The number of nitrogens with one attached hydrogen (secondary N) is 1. The number of aromatic amines is 1. The first-order valence-corrected chi connectivity index (χ1v) is 6.93. The fourth-order valence-electron chi connectivity index (χ4n) is 2.38. The molecule has 0 aliphatic heterocycles. The molecule has 0 radical (unpaired) electrons. The molecule has 0 saturated heterocycles. The number of benzene rings is 1. The molecule has 9 heteroatoms. The molecule has 0 fully saturated rings. The monoisotopic (exact) mass is 315 g/mol. The van der Waals surface area contributed by atoms with Crippen molar-refractivity contribution in [2.75, 3.05) is 5.73 Å². The van der Waals surface area contributed by atoms with Crippen LogP contribution < -0.4 is 5.73 Å². The van der Waals surface area contributed by atoms with Gasteiger partial charge in [0.25, 0.3) is 0 Å². The lowest BCUT2D eigenvalue weighted by Gasteiger charge is -2.08. The molecule has 0 atom stereocenters. The number of rotatable bonds is 2. The number of tetrazole rings is 1. The van der Waals surface area contributed by atoms with E-state index in [0.29, 0.717) is 17.2 Å². The van der Waals surface area contributed by atoms with E-state index in [1.54, 1.807) is 6.20 Å². The highest BCUT2D eigenvalue weighted by Crippen LogP contribution is 2.30. The second-order valence-electron chi connectivity index (χ2n) is 4.93. The van der Waals surface area contributed by atoms with E-state index in [0.717, 1.165) is 16.5 Å². The summed E-state index contributed by atoms with van der Waals surface area (Å²) in [5, 5.41) is 23.7. The summed E-state index contributed by atoms with van der Waals surface area (Å²) in [6, 6.07) is 11.4. The highest BCUT2D eigenvalue weighted by molar-refractivity contribution is 5.86. The first-order chi connectivity index (χ1) is 11.8. The molecule has 9 nitrogen and oxygen atoms in total. The van der Waals surface area contributed by atoms with Crippen molar-refractivity contribution in [2.24, 2.45) is 0 Å². The highest BCUT2D eigenvalue weighted by Gasteiger charge is 2.18. The molecule has 0 saturated carbocycles. The van der Waals surface area contributed by atoms with Crippen LogP contribution in [0.25, 0.3) is 33.7 Å². The Labute approximate surface area is 135 Å². The van der Waals surface area contributed by atoms with Crippen LogP contribution in [0.4, 0.5) is 5.82 Å². The molecule has 0 aliphatic rings. The molecule has 0 spiro atoms. The minimum Gasteiger partial charge on any atom is -0.381 e. The number of nitrogens with two attached hydrogens (primary N) is 1. The van der Waals surface area contributed by atoms with Gasteiger partial charge >= 0.3 is 0 Å². The summed E-state index contributed by atoms with van der Waals surface area (Å²) >= 11 is 0. The smallest absolute Gasteiger partial charge is 0.200 e. The average Bonchev–Trinajstić information content (AvgIpc) is 3.15. The lowest BCUT2D eigenvalue weighted by atomic mass is 10.1. The number of nitrogens with zero attached hydrogens (tertiary/aromatic N) is 7. The molecule has 3 aromatic heterocycles. The fourth-order valence-corrected chi connectivity index (χ4v) is 2.38. The number of nitrogen functional groups attached to an aromatic ring is 1. The quantitative estimate of drug-likeness (QED) is 0.563. The van der Waals surface area contributed by atoms with E-state index in [4.69, 9.17) is 5.73 Å². The number of anilines is 1. The van der Waals surface area contributed by atoms with E-state index in [1.165, 1.54) is 0 Å². The Morgan fingerprint density at radius 1 is 1.12 bits per heavy atom. The number of hydrogen-bond acceptors (Lipinski definition) is 8. The van der Waals surface area contributed by atoms with Gasteiger partial charge in [0.15, 0.2) is 17.3 Å². The molecule has 4 rings (SSSR count). The van der Waals surface area contributed by atoms with Crippen LogP contribution in [0.15, 0.2) is 36.5 Å². The summed E-state index contributed by atoms with van der Waals surface area (Å²) in [4.78, 5) is 12.9. The van der Waals surface area contributed by atoms with Crippen molar-refractivity contribution < 1.29 is 0 Å². The summed E-state index contributed by atoms with van der Waals surface area (Å²) in [5.74, 6) is 0.343. The van der Waals surface area contributed by atoms with Gasteiger partial charge < -0.3 is 5.73 Å². The maximum atomic E-state index is 9.19. The zero-order valence-electron chi connectivity index (χ0n) is 12.2. The second-order valence-corrected chi connectivity index (χ2v) is 4.93. The number of fused-ring (bicyclic) bond motifs is 1. The predicted octanol–water partition coefficient (Wildman–Crippen LogP) is 1.33. The third kappa shape index (κ3) is 2.19. The maximum absolute atomic E-state index is 9.19. The summed E-state index contributed by atoms with van der Waals surface area (Å²) in [6.07, 6.45) is 1.73. The first kappa shape index (κ1) is 13.7. The Hall–Kier alpha value is -3.93. The van der Waals surface area contributed by atoms with Gasteiger partial charge in [0.05, 0.1) is 5.52 Å². The largest absolute Gasteiger partial charge is 0.381 e. The van der Waals surface area contributed by atoms with Gasteiger partial charge in [-0.3, -0.25) is 4.98 Å². The predicted molar refractivity (Wildman–Crippen MR) is 85.1 cm³/mol. The standard InChI is InChI=1S/C15H9N9/c16-7-11-14(17)20-13(15-21-23-24-22-15)12(19-11)9-3-4-10-8(6-9)2-1-5-18-10/h1-6H,(H2,17,20)(H,21,22,23,24). The third-order valence-electron chi connectivity index (χ3n) is 3.47. The van der Waals surface area contributed by atoms with Crippen LogP contribution in [-0.2, 0) is 0 Å². The summed E-state index contributed by atoms with van der Waals surface area (Å²) < 4.78 is 0. The van der Waals surface area contributed by atoms with Crippen LogP contribution in [0.3, 0.4) is 0 Å². The zero-order chi connectivity index (χ0) is 16.5. The van der Waals surface area contributed by atoms with Crippen molar-refractivity contribution in [1.82, 2.24) is 35.6 Å². The molecular weight excluding hydrogens is 306 g/mol. The summed E-state index contributed by atoms with van der Waals surface area (Å²) in [5.41, 5.74) is 8.28. The van der Waals surface area contributed by atoms with E-state index in [1.807, 2.05) is 36.4 Å². The van der Waals surface area contributed by atoms with Crippen LogP contribution >= 0.6 is 0 Å². The molecule has 0 aliphatic carbocycles. The number of hydrogen-bond donors (Lipinski definition) is 2. The van der Waals surface area contributed by atoms with Crippen LogP contribution in [0.5, 0.6) is 0 Å². The Bertz CT molecular complexity index is 1080. The molecule has 114 valence electrons. The molecule has 0 amide bonds. The lowest BCUT2D eigenvalue weighted by molar-refractivity contribution is 0.881. The topological polar surface area (TPSA) is 143 Å². The third-order valence-corrected chi connectivity index (χ3v) is 3.47. The lowest BCUT2D eigenvalue weighted by Crippen LogP contribution is -2.04. The number of nitriles is 1. The van der Waals surface area contributed by atoms with Gasteiger partial charge in [-0.1, -0.05) is 12.1 Å². The molecule has 24 heavy (non-hydrogen) atoms. The SMILES string of the molecule is N#Cc1nc(-c2ccc3ncccc3c2)c(-c2nnn[nH]2)nc1N. The molecular formula is C15H9N9. The first-order valence-electron chi connectivity index (χ1n) is 6.93. The van der Waals surface area contributed by atoms with Gasteiger partial charge in [0.1, 0.15) is 17.5 Å². The van der Waals surface area contributed by atoms with Gasteiger partial charge in [0.2, 0.25) is 0 Å². The number of aromatic nitrogens is 7. The number of pyridine rings is 1. The fraction of sp³-hybridized carbons (Fsp3) is 0. The molecule has 3 heterocycles. The van der Waals surface area contributed by atoms with Gasteiger partial charge in [-0.25, -0.2) is 15.1 Å². The Balaban J connectivity index is 2.00. The minimum absolute atomic E-state index is 0.0232. The van der Waals surface area contributed by atoms with Gasteiger partial charge in [-0.15, -0.1) is 5.10 Å². The Morgan fingerprint density at radius 2 is 2.04 bits per heavy atom. The molecule has 1 aromatic carbocycles. The highest BCUT2D eigenvalue weighted by atomic mass is 15.5. The molecule has 0 unspecified atom stereocenters. The molecule has 0 bridgehead atoms. The van der Waals surface area contributed by atoms with Crippen molar-refractivity contribution in [1.29, 1.82) is 5.26 Å². The average molecular weight is 315 g/mol. The van der Waals surface area contributed by atoms with Gasteiger partial charge in [0, 0.05) is 17.1 Å². The van der Waals surface area contributed by atoms with Crippen LogP contribution in [0.2, 0.25) is 0 Å². The summed E-state index contributed by atoms with van der Waals surface area (Å²) in [6.45, 7) is 0. The van der Waals surface area contributed by atoms with Crippen LogP contribution in [0, 0.1) is 11.3 Å². The Kier molecular flexibility index (Phi) is 3.07. The molecule has 4 aromatic rings. The van der Waals surface area contributed by atoms with Gasteiger partial charge in [-0.05, 0) is 28.6 Å². The Morgan fingerprint density at radius 3 is 2.83 bits per heavy atom. The van der Waals surface area contributed by atoms with Crippen molar-refractivity contribution in [3.63, 3.8) is 0 Å². The van der Waals surface area contributed by atoms with E-state index >= 15 is 0 Å². The summed E-state index contributed by atoms with van der Waals surface area (Å²) in [7, 11) is 0. The number of H-pyrrole nitrogens is 1. The van der Waals surface area contributed by atoms with Crippen molar-refractivity contribution >= 4 is 16.7 Å². The molecule has 3 N–H and O–H groups in total. The van der Waals surface area contributed by atoms with E-state index in [-0.39, 0.29) is 11.5 Å². The minimum atomic E-state index is 0.0232. The second kappa shape index (κ2) is 5.36. The van der Waals surface area contributed by atoms with E-state index in [2.05, 4.69) is 35.6 Å². The zero-order valence-corrected chi connectivity index (χ0v) is 12.2. The van der Waals surface area contributed by atoms with Crippen LogP contribution in [0.1, 0.15) is 5.69 Å². The maximum Gasteiger partial charge on any atom is 0.200 e. The van der Waals surface area contributed by atoms with E-state index < -0.39 is 0 Å². The van der Waals surface area contributed by atoms with Crippen LogP contribution in [-0.4, -0.2) is 35.6 Å². The van der Waals surface area contributed by atoms with Crippen molar-refractivity contribution in [2.45, 2.75) is 0 Å². The normalized spacial score (nSPS) is 10.6.